The maximum absolute atomic E-state index is 13.6. The van der Waals surface area contributed by atoms with Crippen LogP contribution in [-0.4, -0.2) is 9.78 Å². The first-order valence-electron chi connectivity index (χ1n) is 5.58. The van der Waals surface area contributed by atoms with Gasteiger partial charge in [-0.3, -0.25) is 4.68 Å². The molecule has 0 fully saturated rings. The van der Waals surface area contributed by atoms with Crippen LogP contribution in [0.15, 0.2) is 48.7 Å². The smallest absolute Gasteiger partial charge is 0.131 e. The average molecular weight is 244 g/mol. The van der Waals surface area contributed by atoms with Gasteiger partial charge in [-0.05, 0) is 12.1 Å². The molecule has 0 aliphatic heterocycles. The monoisotopic (exact) mass is 244 g/mol. The van der Waals surface area contributed by atoms with Crippen molar-refractivity contribution in [2.24, 2.45) is 0 Å². The molecule has 0 saturated carbocycles. The molecule has 0 amide bonds. The van der Waals surface area contributed by atoms with Gasteiger partial charge in [-0.15, -0.1) is 0 Å². The van der Waals surface area contributed by atoms with Gasteiger partial charge < -0.3 is 0 Å². The fourth-order valence-electron chi connectivity index (χ4n) is 1.96. The number of aromatic nitrogens is 2. The van der Waals surface area contributed by atoms with Crippen LogP contribution < -0.4 is 0 Å². The molecule has 0 bridgehead atoms. The van der Waals surface area contributed by atoms with Crippen molar-refractivity contribution in [1.29, 1.82) is 0 Å². The molecule has 1 heterocycles. The Morgan fingerprint density at radius 3 is 2.72 bits per heavy atom. The number of para-hydroxylation sites is 1. The van der Waals surface area contributed by atoms with Gasteiger partial charge in [-0.1, -0.05) is 24.3 Å². The van der Waals surface area contributed by atoms with E-state index in [-0.39, 0.29) is 0 Å². The van der Waals surface area contributed by atoms with Crippen molar-refractivity contribution in [3.05, 3.63) is 65.9 Å². The number of benzene rings is 2. The van der Waals surface area contributed by atoms with E-state index in [1.807, 2.05) is 24.3 Å². The standard InChI is InChI=1S/C14H10F2N2/c15-12-6-5-11(13(16)7-12)9-18-14-4-2-1-3-10(14)8-17-18/h1-8H,9H2. The molecule has 4 heteroatoms. The van der Waals surface area contributed by atoms with E-state index in [1.54, 1.807) is 10.9 Å². The lowest BCUT2D eigenvalue weighted by molar-refractivity contribution is 0.561. The second kappa shape index (κ2) is 4.22. The van der Waals surface area contributed by atoms with Crippen molar-refractivity contribution in [1.82, 2.24) is 9.78 Å². The average Bonchev–Trinajstić information content (AvgIpc) is 2.76. The fraction of sp³-hybridized carbons (Fsp3) is 0.0714. The highest BCUT2D eigenvalue weighted by atomic mass is 19.1. The number of hydrogen-bond acceptors (Lipinski definition) is 1. The van der Waals surface area contributed by atoms with Crippen LogP contribution in [0.1, 0.15) is 5.56 Å². The predicted molar refractivity (Wildman–Crippen MR) is 65.2 cm³/mol. The molecule has 0 saturated heterocycles. The van der Waals surface area contributed by atoms with Gasteiger partial charge in [0.1, 0.15) is 11.6 Å². The lowest BCUT2D eigenvalue weighted by Crippen LogP contribution is -2.03. The van der Waals surface area contributed by atoms with Gasteiger partial charge in [0.2, 0.25) is 0 Å². The lowest BCUT2D eigenvalue weighted by atomic mass is 10.2. The Morgan fingerprint density at radius 2 is 1.89 bits per heavy atom. The van der Waals surface area contributed by atoms with Crippen molar-refractivity contribution >= 4 is 10.9 Å². The highest BCUT2D eigenvalue weighted by Crippen LogP contribution is 2.16. The number of hydrogen-bond donors (Lipinski definition) is 0. The van der Waals surface area contributed by atoms with Crippen LogP contribution in [0.4, 0.5) is 8.78 Å². The third-order valence-corrected chi connectivity index (χ3v) is 2.89. The van der Waals surface area contributed by atoms with Crippen molar-refractivity contribution in [2.45, 2.75) is 6.54 Å². The summed E-state index contributed by atoms with van der Waals surface area (Å²) in [7, 11) is 0. The SMILES string of the molecule is Fc1ccc(Cn2ncc3ccccc32)c(F)c1. The van der Waals surface area contributed by atoms with E-state index in [0.717, 1.165) is 17.0 Å². The molecule has 2 nitrogen and oxygen atoms in total. The van der Waals surface area contributed by atoms with Crippen molar-refractivity contribution < 1.29 is 8.78 Å². The molecule has 2 aromatic carbocycles. The molecule has 0 N–H and O–H groups in total. The van der Waals surface area contributed by atoms with Gasteiger partial charge in [0.15, 0.2) is 0 Å². The zero-order chi connectivity index (χ0) is 12.5. The highest BCUT2D eigenvalue weighted by Gasteiger charge is 2.07. The van der Waals surface area contributed by atoms with Gasteiger partial charge in [0, 0.05) is 17.0 Å². The first-order valence-corrected chi connectivity index (χ1v) is 5.58. The predicted octanol–water partition coefficient (Wildman–Crippen LogP) is 3.36. The fourth-order valence-corrected chi connectivity index (χ4v) is 1.96. The maximum atomic E-state index is 13.6. The minimum absolute atomic E-state index is 0.291. The van der Waals surface area contributed by atoms with E-state index in [4.69, 9.17) is 0 Å². The molecule has 1 aromatic heterocycles. The molecule has 3 aromatic rings. The molecule has 90 valence electrons. The molecule has 3 rings (SSSR count). The van der Waals surface area contributed by atoms with Gasteiger partial charge in [0.25, 0.3) is 0 Å². The van der Waals surface area contributed by atoms with Crippen LogP contribution >= 0.6 is 0 Å². The summed E-state index contributed by atoms with van der Waals surface area (Å²) < 4.78 is 28.1. The van der Waals surface area contributed by atoms with E-state index < -0.39 is 11.6 Å². The number of rotatable bonds is 2. The summed E-state index contributed by atoms with van der Waals surface area (Å²) in [5, 5.41) is 5.21. The summed E-state index contributed by atoms with van der Waals surface area (Å²) >= 11 is 0. The van der Waals surface area contributed by atoms with Gasteiger partial charge >= 0.3 is 0 Å². The van der Waals surface area contributed by atoms with Crippen LogP contribution in [0.25, 0.3) is 10.9 Å². The first kappa shape index (κ1) is 10.9. The summed E-state index contributed by atoms with van der Waals surface area (Å²) in [5.41, 5.74) is 1.35. The Kier molecular flexibility index (Phi) is 2.55. The van der Waals surface area contributed by atoms with Crippen LogP contribution in [0.3, 0.4) is 0 Å². The summed E-state index contributed by atoms with van der Waals surface area (Å²) in [4.78, 5) is 0. The molecule has 0 radical (unpaired) electrons. The van der Waals surface area contributed by atoms with Crippen molar-refractivity contribution in [3.8, 4) is 0 Å². The lowest BCUT2D eigenvalue weighted by Gasteiger charge is -2.05. The summed E-state index contributed by atoms with van der Waals surface area (Å²) in [6, 6.07) is 11.3. The van der Waals surface area contributed by atoms with Gasteiger partial charge in [-0.2, -0.15) is 5.10 Å². The largest absolute Gasteiger partial charge is 0.260 e. The van der Waals surface area contributed by atoms with E-state index in [2.05, 4.69) is 5.10 Å². The highest BCUT2D eigenvalue weighted by molar-refractivity contribution is 5.78. The Balaban J connectivity index is 2.01. The molecule has 0 atom stereocenters. The summed E-state index contributed by atoms with van der Waals surface area (Å²) in [6.07, 6.45) is 1.73. The molecule has 0 unspecified atom stereocenters. The van der Waals surface area contributed by atoms with Crippen molar-refractivity contribution in [3.63, 3.8) is 0 Å². The van der Waals surface area contributed by atoms with Crippen LogP contribution in [0, 0.1) is 11.6 Å². The number of halogens is 2. The first-order chi connectivity index (χ1) is 8.74. The Bertz CT molecular complexity index is 704. The minimum Gasteiger partial charge on any atom is -0.260 e. The second-order valence-electron chi connectivity index (χ2n) is 4.10. The maximum Gasteiger partial charge on any atom is 0.131 e. The molecule has 0 aliphatic carbocycles. The third-order valence-electron chi connectivity index (χ3n) is 2.89. The van der Waals surface area contributed by atoms with Crippen molar-refractivity contribution in [2.75, 3.05) is 0 Å². The molecular formula is C14H10F2N2. The van der Waals surface area contributed by atoms with E-state index in [1.165, 1.54) is 12.1 Å². The van der Waals surface area contributed by atoms with E-state index >= 15 is 0 Å². The topological polar surface area (TPSA) is 17.8 Å². The van der Waals surface area contributed by atoms with Gasteiger partial charge in [-0.25, -0.2) is 8.78 Å². The quantitative estimate of drug-likeness (QED) is 0.675. The Morgan fingerprint density at radius 1 is 1.06 bits per heavy atom. The zero-order valence-electron chi connectivity index (χ0n) is 9.48. The Hall–Kier alpha value is -2.23. The van der Waals surface area contributed by atoms with Crippen LogP contribution in [0.2, 0.25) is 0 Å². The molecule has 0 spiro atoms. The molecule has 0 aliphatic rings. The third kappa shape index (κ3) is 1.86. The van der Waals surface area contributed by atoms with Gasteiger partial charge in [0.05, 0.1) is 18.3 Å². The van der Waals surface area contributed by atoms with Crippen LogP contribution in [0.5, 0.6) is 0 Å². The molecular weight excluding hydrogens is 234 g/mol. The van der Waals surface area contributed by atoms with E-state index in [9.17, 15) is 8.78 Å². The van der Waals surface area contributed by atoms with E-state index in [0.29, 0.717) is 12.1 Å². The minimum atomic E-state index is -0.568. The summed E-state index contributed by atoms with van der Waals surface area (Å²) in [5.74, 6) is -1.11. The second-order valence-corrected chi connectivity index (χ2v) is 4.10. The Labute approximate surface area is 102 Å². The summed E-state index contributed by atoms with van der Waals surface area (Å²) in [6.45, 7) is 0.291. The molecule has 18 heavy (non-hydrogen) atoms. The number of nitrogens with zero attached hydrogens (tertiary/aromatic N) is 2. The normalized spacial score (nSPS) is 11.0. The number of fused-ring (bicyclic) bond motifs is 1. The van der Waals surface area contributed by atoms with Crippen LogP contribution in [-0.2, 0) is 6.54 Å². The zero-order valence-corrected chi connectivity index (χ0v) is 9.48.